The molecule has 7 nitrogen and oxygen atoms in total. The van der Waals surface area contributed by atoms with Crippen LogP contribution in [0.3, 0.4) is 0 Å². The first-order valence-corrected chi connectivity index (χ1v) is 5.74. The Hall–Kier alpha value is -2.77. The smallest absolute Gasteiger partial charge is 0.257 e. The van der Waals surface area contributed by atoms with Gasteiger partial charge in [0.25, 0.3) is 5.91 Å². The van der Waals surface area contributed by atoms with E-state index < -0.39 is 11.9 Å². The van der Waals surface area contributed by atoms with Crippen molar-refractivity contribution in [3.63, 3.8) is 0 Å². The molecule has 2 aromatic heterocycles. The van der Waals surface area contributed by atoms with Crippen molar-refractivity contribution in [3.05, 3.63) is 42.2 Å². The number of likely N-dealkylation sites (N-methyl/N-ethyl adjacent to an activating group) is 1. The van der Waals surface area contributed by atoms with Crippen LogP contribution in [-0.2, 0) is 11.3 Å². The molecule has 0 unspecified atom stereocenters. The molecule has 0 spiro atoms. The summed E-state index contributed by atoms with van der Waals surface area (Å²) < 4.78 is 14.0. The Labute approximate surface area is 113 Å². The predicted molar refractivity (Wildman–Crippen MR) is 68.4 cm³/mol. The number of aromatic nitrogens is 3. The van der Waals surface area contributed by atoms with Crippen molar-refractivity contribution in [1.29, 1.82) is 0 Å². The SMILES string of the molecule is CNC(=O)Cn1cc(NC(=O)c2ccc(F)nc2)cn1. The van der Waals surface area contributed by atoms with Gasteiger partial charge in [-0.1, -0.05) is 0 Å². The van der Waals surface area contributed by atoms with Crippen molar-refractivity contribution in [3.8, 4) is 0 Å². The van der Waals surface area contributed by atoms with Crippen molar-refractivity contribution in [1.82, 2.24) is 20.1 Å². The Morgan fingerprint density at radius 3 is 2.80 bits per heavy atom. The van der Waals surface area contributed by atoms with Gasteiger partial charge in [-0.3, -0.25) is 14.3 Å². The molecular formula is C12H12FN5O2. The lowest BCUT2D eigenvalue weighted by atomic mass is 10.2. The Kier molecular flexibility index (Phi) is 4.04. The molecule has 0 aliphatic heterocycles. The molecule has 0 atom stereocenters. The van der Waals surface area contributed by atoms with E-state index in [4.69, 9.17) is 0 Å². The van der Waals surface area contributed by atoms with Crippen LogP contribution in [0, 0.1) is 5.95 Å². The van der Waals surface area contributed by atoms with E-state index in [-0.39, 0.29) is 18.0 Å². The van der Waals surface area contributed by atoms with Gasteiger partial charge in [0.2, 0.25) is 11.9 Å². The second kappa shape index (κ2) is 5.91. The van der Waals surface area contributed by atoms with Gasteiger partial charge in [0.15, 0.2) is 0 Å². The number of amides is 2. The molecule has 2 aromatic rings. The highest BCUT2D eigenvalue weighted by molar-refractivity contribution is 6.03. The first-order valence-electron chi connectivity index (χ1n) is 5.74. The number of hydrogen-bond donors (Lipinski definition) is 2. The van der Waals surface area contributed by atoms with Gasteiger partial charge in [-0.05, 0) is 12.1 Å². The third kappa shape index (κ3) is 3.37. The van der Waals surface area contributed by atoms with E-state index in [1.54, 1.807) is 0 Å². The highest BCUT2D eigenvalue weighted by Crippen LogP contribution is 2.08. The van der Waals surface area contributed by atoms with Crippen molar-refractivity contribution < 1.29 is 14.0 Å². The van der Waals surface area contributed by atoms with Crippen LogP contribution in [0.25, 0.3) is 0 Å². The fourth-order valence-electron chi connectivity index (χ4n) is 1.45. The summed E-state index contributed by atoms with van der Waals surface area (Å²) in [7, 11) is 1.52. The standard InChI is InChI=1S/C12H12FN5O2/c1-14-11(19)7-18-6-9(5-16-18)17-12(20)8-2-3-10(13)15-4-8/h2-6H,7H2,1H3,(H,14,19)(H,17,20). The van der Waals surface area contributed by atoms with Gasteiger partial charge < -0.3 is 10.6 Å². The van der Waals surface area contributed by atoms with E-state index in [2.05, 4.69) is 20.7 Å². The van der Waals surface area contributed by atoms with E-state index in [0.717, 1.165) is 12.3 Å². The number of halogens is 1. The van der Waals surface area contributed by atoms with Gasteiger partial charge >= 0.3 is 0 Å². The topological polar surface area (TPSA) is 88.9 Å². The van der Waals surface area contributed by atoms with Gasteiger partial charge in [0, 0.05) is 19.4 Å². The number of carbonyl (C=O) groups excluding carboxylic acids is 2. The molecule has 0 saturated carbocycles. The monoisotopic (exact) mass is 277 g/mol. The summed E-state index contributed by atoms with van der Waals surface area (Å²) in [6, 6.07) is 2.43. The maximum Gasteiger partial charge on any atom is 0.257 e. The minimum absolute atomic E-state index is 0.0600. The van der Waals surface area contributed by atoms with Crippen LogP contribution in [0.1, 0.15) is 10.4 Å². The van der Waals surface area contributed by atoms with Crippen LogP contribution in [-0.4, -0.2) is 33.6 Å². The number of carbonyl (C=O) groups is 2. The molecular weight excluding hydrogens is 265 g/mol. The molecule has 0 radical (unpaired) electrons. The molecule has 2 heterocycles. The Bertz CT molecular complexity index is 623. The lowest BCUT2D eigenvalue weighted by Crippen LogP contribution is -2.23. The van der Waals surface area contributed by atoms with Crippen LogP contribution >= 0.6 is 0 Å². The molecule has 104 valence electrons. The first kappa shape index (κ1) is 13.7. The summed E-state index contributed by atoms with van der Waals surface area (Å²) in [4.78, 5) is 26.4. The van der Waals surface area contributed by atoms with E-state index in [0.29, 0.717) is 5.69 Å². The lowest BCUT2D eigenvalue weighted by Gasteiger charge is -2.02. The summed E-state index contributed by atoms with van der Waals surface area (Å²) in [5, 5.41) is 8.97. The summed E-state index contributed by atoms with van der Waals surface area (Å²) in [5.41, 5.74) is 0.661. The molecule has 0 fully saturated rings. The normalized spacial score (nSPS) is 10.1. The maximum atomic E-state index is 12.6. The van der Waals surface area contributed by atoms with Crippen molar-refractivity contribution in [2.24, 2.45) is 0 Å². The van der Waals surface area contributed by atoms with E-state index in [1.807, 2.05) is 0 Å². The number of hydrogen-bond acceptors (Lipinski definition) is 4. The van der Waals surface area contributed by atoms with E-state index >= 15 is 0 Å². The highest BCUT2D eigenvalue weighted by Gasteiger charge is 2.09. The van der Waals surface area contributed by atoms with Crippen LogP contribution < -0.4 is 10.6 Å². The summed E-state index contributed by atoms with van der Waals surface area (Å²) in [5.74, 6) is -1.29. The summed E-state index contributed by atoms with van der Waals surface area (Å²) in [6.45, 7) is 0.0600. The molecule has 0 aliphatic carbocycles. The fraction of sp³-hybridized carbons (Fsp3) is 0.167. The molecule has 2 rings (SSSR count). The molecule has 0 aliphatic rings. The second-order valence-electron chi connectivity index (χ2n) is 3.92. The van der Waals surface area contributed by atoms with Gasteiger partial charge in [0.1, 0.15) is 6.54 Å². The van der Waals surface area contributed by atoms with Crippen LogP contribution in [0.2, 0.25) is 0 Å². The number of anilines is 1. The maximum absolute atomic E-state index is 12.6. The predicted octanol–water partition coefficient (Wildman–Crippen LogP) is 0.415. The van der Waals surface area contributed by atoms with Crippen molar-refractivity contribution in [2.75, 3.05) is 12.4 Å². The highest BCUT2D eigenvalue weighted by atomic mass is 19.1. The number of pyridine rings is 1. The molecule has 20 heavy (non-hydrogen) atoms. The van der Waals surface area contributed by atoms with Gasteiger partial charge in [0.05, 0.1) is 17.4 Å². The van der Waals surface area contributed by atoms with Crippen molar-refractivity contribution in [2.45, 2.75) is 6.54 Å². The lowest BCUT2D eigenvalue weighted by molar-refractivity contribution is -0.121. The number of rotatable bonds is 4. The summed E-state index contributed by atoms with van der Waals surface area (Å²) >= 11 is 0. The second-order valence-corrected chi connectivity index (χ2v) is 3.92. The quantitative estimate of drug-likeness (QED) is 0.792. The zero-order chi connectivity index (χ0) is 14.5. The van der Waals surface area contributed by atoms with Crippen LogP contribution in [0.4, 0.5) is 10.1 Å². The van der Waals surface area contributed by atoms with Gasteiger partial charge in [-0.25, -0.2) is 4.98 Å². The Morgan fingerprint density at radius 1 is 1.35 bits per heavy atom. The van der Waals surface area contributed by atoms with Gasteiger partial charge in [-0.2, -0.15) is 9.49 Å². The first-order chi connectivity index (χ1) is 9.58. The third-order valence-corrected chi connectivity index (χ3v) is 2.47. The Morgan fingerprint density at radius 2 is 2.15 bits per heavy atom. The molecule has 2 N–H and O–H groups in total. The van der Waals surface area contributed by atoms with Crippen molar-refractivity contribution >= 4 is 17.5 Å². The minimum atomic E-state index is -0.653. The average Bonchev–Trinajstić information content (AvgIpc) is 2.86. The average molecular weight is 277 g/mol. The largest absolute Gasteiger partial charge is 0.358 e. The molecule has 0 aromatic carbocycles. The number of nitrogens with one attached hydrogen (secondary N) is 2. The van der Waals surface area contributed by atoms with E-state index in [9.17, 15) is 14.0 Å². The fourth-order valence-corrected chi connectivity index (χ4v) is 1.45. The molecule has 8 heteroatoms. The number of nitrogens with zero attached hydrogens (tertiary/aromatic N) is 3. The van der Waals surface area contributed by atoms with E-state index in [1.165, 1.54) is 30.2 Å². The molecule has 0 saturated heterocycles. The van der Waals surface area contributed by atoms with Gasteiger partial charge in [-0.15, -0.1) is 0 Å². The zero-order valence-corrected chi connectivity index (χ0v) is 10.6. The zero-order valence-electron chi connectivity index (χ0n) is 10.6. The molecule has 0 bridgehead atoms. The van der Waals surface area contributed by atoms with Crippen LogP contribution in [0.15, 0.2) is 30.7 Å². The third-order valence-electron chi connectivity index (χ3n) is 2.47. The van der Waals surface area contributed by atoms with Crippen LogP contribution in [0.5, 0.6) is 0 Å². The molecule has 2 amide bonds. The Balaban J connectivity index is 2.01. The summed E-state index contributed by atoms with van der Waals surface area (Å²) in [6.07, 6.45) is 4.07. The minimum Gasteiger partial charge on any atom is -0.358 e.